The number of nitrogens with zero attached hydrogens (tertiary/aromatic N) is 4. The first-order valence-electron chi connectivity index (χ1n) is 12.8. The lowest BCUT2D eigenvalue weighted by Gasteiger charge is -2.25. The van der Waals surface area contributed by atoms with Crippen molar-refractivity contribution in [2.24, 2.45) is 0 Å². The third-order valence-electron chi connectivity index (χ3n) is 6.64. The van der Waals surface area contributed by atoms with Gasteiger partial charge in [-0.15, -0.1) is 20.4 Å². The molecule has 0 aliphatic heterocycles. The topological polar surface area (TPSA) is 110 Å². The van der Waals surface area contributed by atoms with Gasteiger partial charge in [-0.1, -0.05) is 88.8 Å². The van der Waals surface area contributed by atoms with E-state index in [4.69, 9.17) is 0 Å². The van der Waals surface area contributed by atoms with Crippen LogP contribution in [0.15, 0.2) is 48.5 Å². The average Bonchev–Trinajstić information content (AvgIpc) is 3.54. The number of benzene rings is 2. The maximum absolute atomic E-state index is 12.5. The number of carbonyl (C=O) groups is 2. The molecule has 2 atom stereocenters. The van der Waals surface area contributed by atoms with Gasteiger partial charge in [-0.05, 0) is 44.2 Å². The number of hydrogen-bond donors (Lipinski definition) is 2. The van der Waals surface area contributed by atoms with Gasteiger partial charge in [0, 0.05) is 11.8 Å². The number of rotatable bonds is 8. The van der Waals surface area contributed by atoms with E-state index in [2.05, 4.69) is 31.0 Å². The smallest absolute Gasteiger partial charge is 0.230 e. The van der Waals surface area contributed by atoms with Gasteiger partial charge in [0.1, 0.15) is 10.0 Å². The van der Waals surface area contributed by atoms with Crippen LogP contribution >= 0.6 is 22.7 Å². The van der Waals surface area contributed by atoms with Crippen molar-refractivity contribution in [1.82, 2.24) is 20.4 Å². The van der Waals surface area contributed by atoms with Crippen LogP contribution in [0.2, 0.25) is 0 Å². The summed E-state index contributed by atoms with van der Waals surface area (Å²) >= 11 is 2.90. The fourth-order valence-corrected chi connectivity index (χ4v) is 6.69. The molecule has 196 valence electrons. The molecule has 2 N–H and O–H groups in total. The first-order chi connectivity index (χ1) is 18.4. The van der Waals surface area contributed by atoms with Crippen LogP contribution in [-0.2, 0) is 22.4 Å². The lowest BCUT2D eigenvalue weighted by Crippen LogP contribution is -2.14. The Hall–Kier alpha value is -3.50. The predicted octanol–water partition coefficient (Wildman–Crippen LogP) is 5.81. The van der Waals surface area contributed by atoms with E-state index in [0.717, 1.165) is 58.0 Å². The van der Waals surface area contributed by atoms with Gasteiger partial charge in [0.2, 0.25) is 22.1 Å². The highest BCUT2D eigenvalue weighted by Gasteiger charge is 2.29. The highest BCUT2D eigenvalue weighted by molar-refractivity contribution is 7.15. The normalized spacial score (nSPS) is 17.2. The molecule has 0 radical (unpaired) electrons. The van der Waals surface area contributed by atoms with E-state index in [1.807, 2.05) is 62.4 Å². The molecule has 10 heteroatoms. The molecule has 2 heterocycles. The summed E-state index contributed by atoms with van der Waals surface area (Å²) < 4.78 is 0. The molecule has 2 amide bonds. The molecule has 0 bridgehead atoms. The average molecular weight is 547 g/mol. The molecule has 2 unspecified atom stereocenters. The maximum Gasteiger partial charge on any atom is 0.230 e. The fourth-order valence-electron chi connectivity index (χ4n) is 4.88. The number of aryl methyl sites for hydroxylation is 2. The number of aromatic nitrogens is 4. The number of amides is 2. The van der Waals surface area contributed by atoms with Crippen molar-refractivity contribution >= 4 is 44.8 Å². The first-order valence-corrected chi connectivity index (χ1v) is 14.4. The second-order valence-corrected chi connectivity index (χ2v) is 11.9. The van der Waals surface area contributed by atoms with E-state index < -0.39 is 0 Å². The van der Waals surface area contributed by atoms with E-state index in [1.54, 1.807) is 0 Å². The van der Waals surface area contributed by atoms with E-state index in [-0.39, 0.29) is 23.7 Å². The Bertz CT molecular complexity index is 1330. The number of carbonyl (C=O) groups excluding carboxylic acids is 2. The minimum Gasteiger partial charge on any atom is -0.300 e. The molecule has 1 saturated carbocycles. The zero-order valence-electron chi connectivity index (χ0n) is 21.4. The van der Waals surface area contributed by atoms with Gasteiger partial charge in [0.25, 0.3) is 0 Å². The van der Waals surface area contributed by atoms with Crippen molar-refractivity contribution in [3.05, 3.63) is 80.8 Å². The van der Waals surface area contributed by atoms with E-state index in [9.17, 15) is 9.59 Å². The van der Waals surface area contributed by atoms with Crippen LogP contribution < -0.4 is 10.6 Å². The highest BCUT2D eigenvalue weighted by atomic mass is 32.1. The van der Waals surface area contributed by atoms with Crippen molar-refractivity contribution in [1.29, 1.82) is 0 Å². The van der Waals surface area contributed by atoms with Crippen molar-refractivity contribution in [2.45, 2.75) is 64.2 Å². The van der Waals surface area contributed by atoms with Gasteiger partial charge in [-0.2, -0.15) is 0 Å². The first kappa shape index (κ1) is 26.1. The summed E-state index contributed by atoms with van der Waals surface area (Å²) in [5.41, 5.74) is 4.22. The van der Waals surface area contributed by atoms with Crippen LogP contribution in [-0.4, -0.2) is 32.2 Å². The van der Waals surface area contributed by atoms with Gasteiger partial charge >= 0.3 is 0 Å². The standard InChI is InChI=1S/C28H30N6O2S2/c1-17-6-3-8-19(12-17)14-23(35)29-27-33-31-25(37-27)21-10-5-11-22(16-21)26-32-34-28(38-26)30-24(36)15-20-9-4-7-18(2)13-20/h3-4,6-9,12-13,21-22H,5,10-11,14-16H2,1-2H3,(H,29,33,35)(H,30,34,36). The Balaban J connectivity index is 1.15. The summed E-state index contributed by atoms with van der Waals surface area (Å²) in [6.45, 7) is 4.03. The second-order valence-electron chi connectivity index (χ2n) is 9.88. The van der Waals surface area contributed by atoms with Gasteiger partial charge in [0.15, 0.2) is 0 Å². The molecule has 0 saturated heterocycles. The molecule has 38 heavy (non-hydrogen) atoms. The van der Waals surface area contributed by atoms with E-state index in [0.29, 0.717) is 23.1 Å². The Kier molecular flexibility index (Phi) is 8.19. The van der Waals surface area contributed by atoms with E-state index >= 15 is 0 Å². The third-order valence-corrected chi connectivity index (χ3v) is 8.64. The summed E-state index contributed by atoms with van der Waals surface area (Å²) in [6.07, 6.45) is 4.63. The molecule has 2 aromatic heterocycles. The Labute approximate surface area is 229 Å². The molecule has 4 aromatic rings. The molecule has 1 aliphatic carbocycles. The molecule has 0 spiro atoms. The second kappa shape index (κ2) is 11.9. The number of hydrogen-bond acceptors (Lipinski definition) is 8. The lowest BCUT2D eigenvalue weighted by molar-refractivity contribution is -0.116. The molecule has 1 aliphatic rings. The van der Waals surface area contributed by atoms with Crippen molar-refractivity contribution < 1.29 is 9.59 Å². The zero-order valence-corrected chi connectivity index (χ0v) is 23.1. The molecule has 2 aromatic carbocycles. The summed E-state index contributed by atoms with van der Waals surface area (Å²) in [7, 11) is 0. The molecule has 1 fully saturated rings. The zero-order chi connectivity index (χ0) is 26.5. The Morgan fingerprint density at radius 2 is 1.24 bits per heavy atom. The number of nitrogens with one attached hydrogen (secondary N) is 2. The third kappa shape index (κ3) is 6.87. The van der Waals surface area contributed by atoms with Crippen LogP contribution in [0, 0.1) is 13.8 Å². The van der Waals surface area contributed by atoms with E-state index in [1.165, 1.54) is 22.7 Å². The summed E-state index contributed by atoms with van der Waals surface area (Å²) in [6, 6.07) is 15.9. The van der Waals surface area contributed by atoms with Crippen LogP contribution in [0.4, 0.5) is 10.3 Å². The van der Waals surface area contributed by atoms with Crippen LogP contribution in [0.3, 0.4) is 0 Å². The quantitative estimate of drug-likeness (QED) is 0.289. The minimum absolute atomic E-state index is 0.0920. The number of anilines is 2. The Morgan fingerprint density at radius 3 is 1.68 bits per heavy atom. The van der Waals surface area contributed by atoms with Crippen molar-refractivity contribution in [2.75, 3.05) is 10.6 Å². The minimum atomic E-state index is -0.0920. The van der Waals surface area contributed by atoms with Gasteiger partial charge in [-0.3, -0.25) is 9.59 Å². The van der Waals surface area contributed by atoms with Crippen LogP contribution in [0.25, 0.3) is 0 Å². The predicted molar refractivity (Wildman–Crippen MR) is 151 cm³/mol. The molecular weight excluding hydrogens is 516 g/mol. The van der Waals surface area contributed by atoms with Crippen LogP contribution in [0.5, 0.6) is 0 Å². The fraction of sp³-hybridized carbons (Fsp3) is 0.357. The Morgan fingerprint density at radius 1 is 0.763 bits per heavy atom. The highest BCUT2D eigenvalue weighted by Crippen LogP contribution is 2.43. The molecule has 5 rings (SSSR count). The SMILES string of the molecule is Cc1cccc(CC(=O)Nc2nnc(C3CCCC(c4nnc(NC(=O)Cc5cccc(C)c5)s4)C3)s2)c1. The largest absolute Gasteiger partial charge is 0.300 e. The monoisotopic (exact) mass is 546 g/mol. The van der Waals surface area contributed by atoms with Crippen molar-refractivity contribution in [3.8, 4) is 0 Å². The summed E-state index contributed by atoms with van der Waals surface area (Å²) in [5, 5.41) is 26.0. The van der Waals surface area contributed by atoms with Gasteiger partial charge < -0.3 is 10.6 Å². The molecular formula is C28H30N6O2S2. The lowest BCUT2D eigenvalue weighted by atomic mass is 9.82. The van der Waals surface area contributed by atoms with Crippen molar-refractivity contribution in [3.63, 3.8) is 0 Å². The van der Waals surface area contributed by atoms with Gasteiger partial charge in [-0.25, -0.2) is 0 Å². The molecule has 8 nitrogen and oxygen atoms in total. The maximum atomic E-state index is 12.5. The summed E-state index contributed by atoms with van der Waals surface area (Å²) in [4.78, 5) is 25.0. The van der Waals surface area contributed by atoms with Crippen LogP contribution in [0.1, 0.15) is 69.8 Å². The van der Waals surface area contributed by atoms with Gasteiger partial charge in [0.05, 0.1) is 12.8 Å². The summed E-state index contributed by atoms with van der Waals surface area (Å²) in [5.74, 6) is 0.338.